The lowest BCUT2D eigenvalue weighted by atomic mass is 10.0. The highest BCUT2D eigenvalue weighted by Crippen LogP contribution is 2.18. The van der Waals surface area contributed by atoms with Gasteiger partial charge in [0.15, 0.2) is 0 Å². The van der Waals surface area contributed by atoms with E-state index in [4.69, 9.17) is 0 Å². The van der Waals surface area contributed by atoms with E-state index in [1.54, 1.807) is 12.2 Å². The van der Waals surface area contributed by atoms with Gasteiger partial charge in [0.05, 0.1) is 17.3 Å². The van der Waals surface area contributed by atoms with E-state index in [2.05, 4.69) is 10.3 Å². The average molecular weight is 350 g/mol. The fourth-order valence-electron chi connectivity index (χ4n) is 3.68. The number of nitrogens with zero attached hydrogens (tertiary/aromatic N) is 3. The predicted molar refractivity (Wildman–Crippen MR) is 100 cm³/mol. The molecular formula is C20H22N4O2. The number of fused-ring (bicyclic) bond motifs is 1. The van der Waals surface area contributed by atoms with Crippen molar-refractivity contribution in [3.05, 3.63) is 48.2 Å². The molecule has 0 spiro atoms. The van der Waals surface area contributed by atoms with Gasteiger partial charge in [0.25, 0.3) is 0 Å². The first-order valence-electron chi connectivity index (χ1n) is 9.08. The Morgan fingerprint density at radius 3 is 2.92 bits per heavy atom. The molecule has 1 N–H and O–H groups in total. The minimum atomic E-state index is -0.0238. The molecule has 1 atom stereocenters. The first-order chi connectivity index (χ1) is 12.7. The maximum Gasteiger partial charge on any atom is 0.317 e. The molecule has 2 saturated heterocycles. The second kappa shape index (κ2) is 7.15. The maximum atomic E-state index is 12.6. The Morgan fingerprint density at radius 1 is 1.19 bits per heavy atom. The van der Waals surface area contributed by atoms with E-state index >= 15 is 0 Å². The summed E-state index contributed by atoms with van der Waals surface area (Å²) in [4.78, 5) is 32.7. The number of amides is 3. The van der Waals surface area contributed by atoms with Gasteiger partial charge in [0.1, 0.15) is 0 Å². The molecular weight excluding hydrogens is 328 g/mol. The molecule has 0 bridgehead atoms. The molecule has 134 valence electrons. The van der Waals surface area contributed by atoms with Crippen molar-refractivity contribution >= 4 is 28.9 Å². The highest BCUT2D eigenvalue weighted by Gasteiger charge is 2.32. The predicted octanol–water partition coefficient (Wildman–Crippen LogP) is 2.26. The second-order valence-electron chi connectivity index (χ2n) is 6.77. The van der Waals surface area contributed by atoms with E-state index < -0.39 is 0 Å². The van der Waals surface area contributed by atoms with Crippen molar-refractivity contribution in [2.75, 3.05) is 26.2 Å². The third-order valence-electron chi connectivity index (χ3n) is 5.06. The summed E-state index contributed by atoms with van der Waals surface area (Å²) in [5.41, 5.74) is 1.68. The summed E-state index contributed by atoms with van der Waals surface area (Å²) in [5.74, 6) is -0.0238. The fourth-order valence-corrected chi connectivity index (χ4v) is 3.68. The van der Waals surface area contributed by atoms with E-state index in [0.29, 0.717) is 13.1 Å². The number of rotatable bonds is 3. The normalized spacial score (nSPS) is 20.8. The van der Waals surface area contributed by atoms with Gasteiger partial charge >= 0.3 is 6.03 Å². The molecule has 26 heavy (non-hydrogen) atoms. The molecule has 0 aliphatic carbocycles. The van der Waals surface area contributed by atoms with Gasteiger partial charge in [-0.25, -0.2) is 9.78 Å². The number of hydrogen-bond acceptors (Lipinski definition) is 3. The van der Waals surface area contributed by atoms with Crippen LogP contribution in [0.2, 0.25) is 0 Å². The molecule has 2 aliphatic rings. The Hall–Kier alpha value is -2.89. The van der Waals surface area contributed by atoms with Crippen LogP contribution in [0.1, 0.15) is 18.5 Å². The quantitative estimate of drug-likeness (QED) is 0.864. The zero-order chi connectivity index (χ0) is 17.9. The van der Waals surface area contributed by atoms with Crippen molar-refractivity contribution in [1.82, 2.24) is 20.1 Å². The number of aromatic nitrogens is 1. The van der Waals surface area contributed by atoms with Crippen molar-refractivity contribution < 1.29 is 9.59 Å². The lowest BCUT2D eigenvalue weighted by molar-refractivity contribution is -0.127. The summed E-state index contributed by atoms with van der Waals surface area (Å²) in [5, 5.41) is 3.92. The van der Waals surface area contributed by atoms with Crippen LogP contribution in [0.5, 0.6) is 0 Å². The van der Waals surface area contributed by atoms with E-state index in [1.165, 1.54) is 0 Å². The Labute approximate surface area is 152 Å². The molecule has 2 fully saturated rings. The number of benzene rings is 1. The van der Waals surface area contributed by atoms with Crippen LogP contribution in [-0.2, 0) is 4.79 Å². The SMILES string of the molecule is O=C(/C=C/c1ccc2ccccc2n1)N1CCCC(N2CCNC2=O)C1. The smallest absolute Gasteiger partial charge is 0.317 e. The van der Waals surface area contributed by atoms with Crippen LogP contribution in [-0.4, -0.2) is 58.9 Å². The molecule has 0 saturated carbocycles. The largest absolute Gasteiger partial charge is 0.337 e. The summed E-state index contributed by atoms with van der Waals surface area (Å²) in [6, 6.07) is 11.9. The van der Waals surface area contributed by atoms with Crippen molar-refractivity contribution in [1.29, 1.82) is 0 Å². The number of carbonyl (C=O) groups excluding carboxylic acids is 2. The molecule has 1 aromatic heterocycles. The fraction of sp³-hybridized carbons (Fsp3) is 0.350. The molecule has 4 rings (SSSR count). The van der Waals surface area contributed by atoms with E-state index in [1.807, 2.05) is 46.2 Å². The van der Waals surface area contributed by atoms with Gasteiger partial charge < -0.3 is 15.1 Å². The third-order valence-corrected chi connectivity index (χ3v) is 5.06. The molecule has 6 nitrogen and oxygen atoms in total. The Balaban J connectivity index is 1.43. The number of pyridine rings is 1. The third kappa shape index (κ3) is 3.40. The second-order valence-corrected chi connectivity index (χ2v) is 6.77. The van der Waals surface area contributed by atoms with Gasteiger partial charge in [-0.05, 0) is 31.1 Å². The van der Waals surface area contributed by atoms with Crippen molar-refractivity contribution in [2.24, 2.45) is 0 Å². The van der Waals surface area contributed by atoms with E-state index in [9.17, 15) is 9.59 Å². The zero-order valence-corrected chi connectivity index (χ0v) is 14.6. The molecule has 1 unspecified atom stereocenters. The number of carbonyl (C=O) groups is 2. The van der Waals surface area contributed by atoms with Crippen LogP contribution in [0.3, 0.4) is 0 Å². The van der Waals surface area contributed by atoms with Crippen LogP contribution in [0.4, 0.5) is 4.79 Å². The van der Waals surface area contributed by atoms with Crippen LogP contribution < -0.4 is 5.32 Å². The van der Waals surface area contributed by atoms with Crippen LogP contribution in [0.15, 0.2) is 42.5 Å². The first-order valence-corrected chi connectivity index (χ1v) is 9.08. The van der Waals surface area contributed by atoms with Crippen LogP contribution >= 0.6 is 0 Å². The van der Waals surface area contributed by atoms with E-state index in [-0.39, 0.29) is 18.0 Å². The Bertz CT molecular complexity index is 864. The minimum absolute atomic E-state index is 0.0137. The number of piperidine rings is 1. The van der Waals surface area contributed by atoms with Gasteiger partial charge in [0.2, 0.25) is 5.91 Å². The number of likely N-dealkylation sites (tertiary alicyclic amines) is 1. The van der Waals surface area contributed by atoms with Gasteiger partial charge in [-0.15, -0.1) is 0 Å². The lowest BCUT2D eigenvalue weighted by Gasteiger charge is -2.36. The van der Waals surface area contributed by atoms with Crippen LogP contribution in [0, 0.1) is 0 Å². The zero-order valence-electron chi connectivity index (χ0n) is 14.6. The average Bonchev–Trinajstić information content (AvgIpc) is 3.12. The molecule has 2 aromatic rings. The van der Waals surface area contributed by atoms with Crippen molar-refractivity contribution in [3.63, 3.8) is 0 Å². The van der Waals surface area contributed by atoms with Gasteiger partial charge in [0, 0.05) is 37.6 Å². The summed E-state index contributed by atoms with van der Waals surface area (Å²) < 4.78 is 0. The summed E-state index contributed by atoms with van der Waals surface area (Å²) in [7, 11) is 0. The standard InChI is InChI=1S/C20H22N4O2/c25-19(10-9-16-8-7-15-4-1-2-6-18(15)22-16)23-12-3-5-17(14-23)24-13-11-21-20(24)26/h1-2,4,6-10,17H,3,5,11-14H2,(H,21,26)/b10-9+. The first kappa shape index (κ1) is 16.6. The number of urea groups is 1. The highest BCUT2D eigenvalue weighted by atomic mass is 16.2. The van der Waals surface area contributed by atoms with Crippen molar-refractivity contribution in [2.45, 2.75) is 18.9 Å². The number of nitrogens with one attached hydrogen (secondary N) is 1. The molecule has 0 radical (unpaired) electrons. The highest BCUT2D eigenvalue weighted by molar-refractivity contribution is 5.92. The van der Waals surface area contributed by atoms with E-state index in [0.717, 1.165) is 42.5 Å². The molecule has 3 amide bonds. The maximum absolute atomic E-state index is 12.6. The molecule has 6 heteroatoms. The number of para-hydroxylation sites is 1. The Kier molecular flexibility index (Phi) is 4.56. The van der Waals surface area contributed by atoms with Gasteiger partial charge in [-0.1, -0.05) is 24.3 Å². The number of hydrogen-bond donors (Lipinski definition) is 1. The van der Waals surface area contributed by atoms with Crippen LogP contribution in [0.25, 0.3) is 17.0 Å². The molecule has 1 aromatic carbocycles. The Morgan fingerprint density at radius 2 is 2.08 bits per heavy atom. The lowest BCUT2D eigenvalue weighted by Crippen LogP contribution is -2.50. The molecule has 2 aliphatic heterocycles. The summed E-state index contributed by atoms with van der Waals surface area (Å²) in [6.45, 7) is 2.75. The molecule has 3 heterocycles. The summed E-state index contributed by atoms with van der Waals surface area (Å²) in [6.07, 6.45) is 5.22. The monoisotopic (exact) mass is 350 g/mol. The summed E-state index contributed by atoms with van der Waals surface area (Å²) >= 11 is 0. The minimum Gasteiger partial charge on any atom is -0.337 e. The van der Waals surface area contributed by atoms with Gasteiger partial charge in [-0.3, -0.25) is 4.79 Å². The van der Waals surface area contributed by atoms with Gasteiger partial charge in [-0.2, -0.15) is 0 Å². The topological polar surface area (TPSA) is 65.5 Å². The van der Waals surface area contributed by atoms with Crippen molar-refractivity contribution in [3.8, 4) is 0 Å².